The predicted octanol–water partition coefficient (Wildman–Crippen LogP) is 0.152. The van der Waals surface area contributed by atoms with Gasteiger partial charge in [0.1, 0.15) is 5.25 Å². The molecule has 0 saturated carbocycles. The topological polar surface area (TPSA) is 101 Å². The number of nitrogens with one attached hydrogen (secondary N) is 1. The highest BCUT2D eigenvalue weighted by molar-refractivity contribution is 7.94. The SMILES string of the molecule is O=S1(=O)CC(Nc2ccccc2)C(S(=O)(=O)O)C1. The van der Waals surface area contributed by atoms with E-state index in [9.17, 15) is 16.8 Å². The van der Waals surface area contributed by atoms with Crippen molar-refractivity contribution in [2.24, 2.45) is 0 Å². The molecule has 1 aromatic rings. The summed E-state index contributed by atoms with van der Waals surface area (Å²) in [5.41, 5.74) is 0.619. The van der Waals surface area contributed by atoms with Crippen molar-refractivity contribution in [2.75, 3.05) is 16.8 Å². The summed E-state index contributed by atoms with van der Waals surface area (Å²) in [6.07, 6.45) is 0. The van der Waals surface area contributed by atoms with Crippen molar-refractivity contribution in [3.63, 3.8) is 0 Å². The van der Waals surface area contributed by atoms with Crippen LogP contribution < -0.4 is 5.32 Å². The van der Waals surface area contributed by atoms with Crippen LogP contribution in [0.4, 0.5) is 5.69 Å². The Bertz CT molecular complexity index is 623. The molecule has 2 atom stereocenters. The minimum absolute atomic E-state index is 0.299. The number of hydrogen-bond donors (Lipinski definition) is 2. The maximum atomic E-state index is 11.5. The standard InChI is InChI=1S/C10H13NO5S2/c12-17(13)6-9(10(7-17)18(14,15)16)11-8-4-2-1-3-5-8/h1-5,9-11H,6-7H2,(H,14,15,16). The van der Waals surface area contributed by atoms with Crippen molar-refractivity contribution >= 4 is 25.6 Å². The monoisotopic (exact) mass is 291 g/mol. The average molecular weight is 291 g/mol. The van der Waals surface area contributed by atoms with Gasteiger partial charge in [-0.2, -0.15) is 8.42 Å². The second-order valence-corrected chi connectivity index (χ2v) is 8.04. The lowest BCUT2D eigenvalue weighted by atomic mass is 10.2. The zero-order valence-corrected chi connectivity index (χ0v) is 11.0. The fraction of sp³-hybridized carbons (Fsp3) is 0.400. The van der Waals surface area contributed by atoms with Crippen molar-refractivity contribution in [3.8, 4) is 0 Å². The summed E-state index contributed by atoms with van der Waals surface area (Å²) >= 11 is 0. The van der Waals surface area contributed by atoms with Gasteiger partial charge >= 0.3 is 0 Å². The van der Waals surface area contributed by atoms with Gasteiger partial charge in [-0.1, -0.05) is 18.2 Å². The summed E-state index contributed by atoms with van der Waals surface area (Å²) in [4.78, 5) is 0. The summed E-state index contributed by atoms with van der Waals surface area (Å²) < 4.78 is 54.4. The van der Waals surface area contributed by atoms with E-state index < -0.39 is 37.0 Å². The van der Waals surface area contributed by atoms with Crippen LogP contribution in [-0.2, 0) is 20.0 Å². The minimum atomic E-state index is -4.38. The Hall–Kier alpha value is -1.12. The summed E-state index contributed by atoms with van der Waals surface area (Å²) in [7, 11) is -7.83. The Balaban J connectivity index is 2.26. The van der Waals surface area contributed by atoms with Crippen LogP contribution in [0.2, 0.25) is 0 Å². The normalized spacial score (nSPS) is 26.9. The first-order chi connectivity index (χ1) is 8.28. The molecular weight excluding hydrogens is 278 g/mol. The third-order valence-corrected chi connectivity index (χ3v) is 6.01. The second-order valence-electron chi connectivity index (χ2n) is 4.25. The molecule has 2 rings (SSSR count). The lowest BCUT2D eigenvalue weighted by Gasteiger charge is -2.18. The van der Waals surface area contributed by atoms with Gasteiger partial charge in [0.05, 0.1) is 17.5 Å². The van der Waals surface area contributed by atoms with Gasteiger partial charge in [-0.3, -0.25) is 4.55 Å². The molecule has 6 nitrogen and oxygen atoms in total. The number of benzene rings is 1. The molecule has 0 spiro atoms. The Kier molecular flexibility index (Phi) is 3.35. The fourth-order valence-corrected chi connectivity index (χ4v) is 5.73. The third-order valence-electron chi connectivity index (χ3n) is 2.81. The molecule has 0 aliphatic carbocycles. The molecule has 1 saturated heterocycles. The van der Waals surface area contributed by atoms with Crippen LogP contribution in [0.3, 0.4) is 0 Å². The molecule has 2 N–H and O–H groups in total. The maximum absolute atomic E-state index is 11.5. The third kappa shape index (κ3) is 3.01. The van der Waals surface area contributed by atoms with Crippen LogP contribution in [0.25, 0.3) is 0 Å². The van der Waals surface area contributed by atoms with E-state index >= 15 is 0 Å². The smallest absolute Gasteiger partial charge is 0.270 e. The molecule has 1 heterocycles. The van der Waals surface area contributed by atoms with Crippen molar-refractivity contribution in [2.45, 2.75) is 11.3 Å². The molecule has 1 aliphatic rings. The van der Waals surface area contributed by atoms with Crippen molar-refractivity contribution in [1.29, 1.82) is 0 Å². The summed E-state index contributed by atoms with van der Waals surface area (Å²) in [6.45, 7) is 0. The van der Waals surface area contributed by atoms with E-state index in [0.29, 0.717) is 5.69 Å². The van der Waals surface area contributed by atoms with Crippen LogP contribution in [-0.4, -0.2) is 44.2 Å². The van der Waals surface area contributed by atoms with Crippen LogP contribution in [0, 0.1) is 0 Å². The van der Waals surface area contributed by atoms with Gasteiger partial charge in [-0.25, -0.2) is 8.42 Å². The number of sulfone groups is 1. The summed E-state index contributed by atoms with van der Waals surface area (Å²) in [6, 6.07) is 7.85. The van der Waals surface area contributed by atoms with Gasteiger partial charge in [0.2, 0.25) is 0 Å². The van der Waals surface area contributed by atoms with Gasteiger partial charge in [-0.05, 0) is 12.1 Å². The van der Waals surface area contributed by atoms with E-state index in [1.165, 1.54) is 0 Å². The van der Waals surface area contributed by atoms with Gasteiger partial charge in [0, 0.05) is 5.69 Å². The zero-order chi connectivity index (χ0) is 13.4. The molecule has 0 amide bonds. The molecule has 1 aromatic carbocycles. The molecular formula is C10H13NO5S2. The van der Waals surface area contributed by atoms with E-state index in [1.807, 2.05) is 0 Å². The number of para-hydroxylation sites is 1. The molecule has 18 heavy (non-hydrogen) atoms. The zero-order valence-electron chi connectivity index (χ0n) is 9.35. The Morgan fingerprint density at radius 1 is 1.17 bits per heavy atom. The van der Waals surface area contributed by atoms with E-state index in [0.717, 1.165) is 0 Å². The van der Waals surface area contributed by atoms with Gasteiger partial charge in [0.25, 0.3) is 10.1 Å². The van der Waals surface area contributed by atoms with E-state index in [2.05, 4.69) is 5.32 Å². The molecule has 2 unspecified atom stereocenters. The predicted molar refractivity (Wildman–Crippen MR) is 67.8 cm³/mol. The summed E-state index contributed by atoms with van der Waals surface area (Å²) in [5.74, 6) is -0.845. The Labute approximate surface area is 106 Å². The largest absolute Gasteiger partial charge is 0.380 e. The van der Waals surface area contributed by atoms with Crippen LogP contribution in [0.1, 0.15) is 0 Å². The fourth-order valence-electron chi connectivity index (χ4n) is 1.99. The highest BCUT2D eigenvalue weighted by Crippen LogP contribution is 2.22. The van der Waals surface area contributed by atoms with Gasteiger partial charge < -0.3 is 5.32 Å². The molecule has 8 heteroatoms. The molecule has 1 fully saturated rings. The quantitative estimate of drug-likeness (QED) is 0.769. The van der Waals surface area contributed by atoms with Crippen LogP contribution >= 0.6 is 0 Å². The van der Waals surface area contributed by atoms with Crippen molar-refractivity contribution < 1.29 is 21.4 Å². The first kappa shape index (κ1) is 13.3. The minimum Gasteiger partial charge on any atom is -0.380 e. The Morgan fingerprint density at radius 3 is 2.33 bits per heavy atom. The van der Waals surface area contributed by atoms with E-state index in [4.69, 9.17) is 4.55 Å². The lowest BCUT2D eigenvalue weighted by molar-refractivity contribution is 0.467. The van der Waals surface area contributed by atoms with Crippen LogP contribution in [0.15, 0.2) is 30.3 Å². The van der Waals surface area contributed by atoms with Gasteiger partial charge in [-0.15, -0.1) is 0 Å². The average Bonchev–Trinajstić information content (AvgIpc) is 2.55. The van der Waals surface area contributed by atoms with Gasteiger partial charge in [0.15, 0.2) is 9.84 Å². The lowest BCUT2D eigenvalue weighted by Crippen LogP contribution is -2.37. The molecule has 0 radical (unpaired) electrons. The first-order valence-electron chi connectivity index (χ1n) is 5.26. The highest BCUT2D eigenvalue weighted by atomic mass is 32.2. The maximum Gasteiger partial charge on any atom is 0.270 e. The summed E-state index contributed by atoms with van der Waals surface area (Å²) in [5, 5.41) is 1.52. The first-order valence-corrected chi connectivity index (χ1v) is 8.59. The van der Waals surface area contributed by atoms with Crippen LogP contribution in [0.5, 0.6) is 0 Å². The molecule has 0 aromatic heterocycles. The number of rotatable bonds is 3. The van der Waals surface area contributed by atoms with E-state index in [-0.39, 0.29) is 5.75 Å². The number of hydrogen-bond acceptors (Lipinski definition) is 5. The molecule has 0 bridgehead atoms. The second kappa shape index (κ2) is 4.52. The molecule has 1 aliphatic heterocycles. The Morgan fingerprint density at radius 2 is 1.78 bits per heavy atom. The van der Waals surface area contributed by atoms with Crippen molar-refractivity contribution in [3.05, 3.63) is 30.3 Å². The number of anilines is 1. The van der Waals surface area contributed by atoms with E-state index in [1.54, 1.807) is 30.3 Å². The molecule has 100 valence electrons. The van der Waals surface area contributed by atoms with Crippen molar-refractivity contribution in [1.82, 2.24) is 0 Å². The highest BCUT2D eigenvalue weighted by Gasteiger charge is 2.44.